The quantitative estimate of drug-likeness (QED) is 0.498. The molecule has 0 heterocycles. The fourth-order valence-electron chi connectivity index (χ4n) is 4.28. The first-order valence-electron chi connectivity index (χ1n) is 11.3. The summed E-state index contributed by atoms with van der Waals surface area (Å²) in [5.41, 5.74) is 3.77. The van der Waals surface area contributed by atoms with E-state index in [9.17, 15) is 14.4 Å². The highest BCUT2D eigenvalue weighted by atomic mass is 16.5. The minimum Gasteiger partial charge on any atom is -0.481 e. The van der Waals surface area contributed by atoms with Crippen LogP contribution in [0.4, 0.5) is 4.79 Å². The van der Waals surface area contributed by atoms with Gasteiger partial charge in [-0.1, -0.05) is 61.9 Å². The molecule has 176 valence electrons. The van der Waals surface area contributed by atoms with Gasteiger partial charge in [0, 0.05) is 30.8 Å². The molecule has 0 bridgehead atoms. The molecule has 1 aliphatic rings. The Balaban J connectivity index is 1.52. The third-order valence-corrected chi connectivity index (χ3v) is 6.02. The van der Waals surface area contributed by atoms with E-state index in [-0.39, 0.29) is 37.2 Å². The Morgan fingerprint density at radius 2 is 1.61 bits per heavy atom. The van der Waals surface area contributed by atoms with Crippen molar-refractivity contribution in [2.45, 2.75) is 51.5 Å². The number of carboxylic acids is 1. The van der Waals surface area contributed by atoms with Crippen LogP contribution in [0, 0.1) is 5.92 Å². The van der Waals surface area contributed by atoms with Crippen molar-refractivity contribution >= 4 is 18.0 Å². The summed E-state index contributed by atoms with van der Waals surface area (Å²) in [4.78, 5) is 35.7. The van der Waals surface area contributed by atoms with E-state index in [2.05, 4.69) is 34.9 Å². The summed E-state index contributed by atoms with van der Waals surface area (Å²) in [6.07, 6.45) is 0.152. The van der Waals surface area contributed by atoms with Gasteiger partial charge in [0.25, 0.3) is 0 Å². The summed E-state index contributed by atoms with van der Waals surface area (Å²) >= 11 is 0. The van der Waals surface area contributed by atoms with E-state index in [1.165, 1.54) is 0 Å². The van der Waals surface area contributed by atoms with Gasteiger partial charge in [0.2, 0.25) is 5.91 Å². The normalized spacial score (nSPS) is 13.5. The largest absolute Gasteiger partial charge is 0.481 e. The topological polar surface area (TPSA) is 105 Å². The molecule has 0 aromatic heterocycles. The summed E-state index contributed by atoms with van der Waals surface area (Å²) in [6.45, 7) is 5.89. The highest BCUT2D eigenvalue weighted by molar-refractivity contribution is 5.80. The molecule has 2 amide bonds. The molecule has 0 saturated heterocycles. The van der Waals surface area contributed by atoms with Crippen LogP contribution in [0.1, 0.15) is 57.1 Å². The number of ether oxygens (including phenoxy) is 1. The van der Waals surface area contributed by atoms with Crippen LogP contribution in [0.15, 0.2) is 48.5 Å². The predicted molar refractivity (Wildman–Crippen MR) is 126 cm³/mol. The molecule has 7 heteroatoms. The molecule has 2 aromatic carbocycles. The maximum absolute atomic E-state index is 12.5. The second-order valence-corrected chi connectivity index (χ2v) is 9.19. The summed E-state index contributed by atoms with van der Waals surface area (Å²) in [5.74, 6) is -1.28. The number of hydrogen-bond donors (Lipinski definition) is 3. The van der Waals surface area contributed by atoms with Crippen LogP contribution >= 0.6 is 0 Å². The number of carbonyl (C=O) groups is 3. The van der Waals surface area contributed by atoms with Crippen molar-refractivity contribution in [3.05, 3.63) is 59.7 Å². The maximum atomic E-state index is 12.5. The first-order chi connectivity index (χ1) is 15.7. The van der Waals surface area contributed by atoms with Crippen molar-refractivity contribution in [1.29, 1.82) is 0 Å². The molecule has 1 aliphatic carbocycles. The Hall–Kier alpha value is -3.35. The number of hydrogen-bond acceptors (Lipinski definition) is 4. The molecule has 1 atom stereocenters. The minimum absolute atomic E-state index is 0.0121. The zero-order valence-electron chi connectivity index (χ0n) is 19.4. The average Bonchev–Trinajstić information content (AvgIpc) is 3.08. The highest BCUT2D eigenvalue weighted by Crippen LogP contribution is 2.44. The molecular formula is C26H32N2O5. The molecule has 7 nitrogen and oxygen atoms in total. The van der Waals surface area contributed by atoms with Gasteiger partial charge in [0.1, 0.15) is 6.61 Å². The first kappa shape index (κ1) is 24.3. The summed E-state index contributed by atoms with van der Waals surface area (Å²) in [7, 11) is 0. The van der Waals surface area contributed by atoms with Crippen molar-refractivity contribution in [3.8, 4) is 11.1 Å². The summed E-state index contributed by atoms with van der Waals surface area (Å²) in [5, 5.41) is 14.5. The number of nitrogens with one attached hydrogen (secondary N) is 2. The molecule has 0 aliphatic heterocycles. The molecule has 0 fully saturated rings. The third-order valence-electron chi connectivity index (χ3n) is 6.02. The molecule has 0 saturated carbocycles. The van der Waals surface area contributed by atoms with Gasteiger partial charge in [-0.2, -0.15) is 0 Å². The monoisotopic (exact) mass is 452 g/mol. The van der Waals surface area contributed by atoms with E-state index < -0.39 is 17.6 Å². The predicted octanol–water partition coefficient (Wildman–Crippen LogP) is 4.31. The molecule has 0 spiro atoms. The Labute approximate surface area is 194 Å². The van der Waals surface area contributed by atoms with Gasteiger partial charge in [-0.3, -0.25) is 9.59 Å². The number of fused-ring (bicyclic) bond motifs is 3. The van der Waals surface area contributed by atoms with E-state index in [4.69, 9.17) is 9.84 Å². The van der Waals surface area contributed by atoms with Gasteiger partial charge in [0.05, 0.1) is 0 Å². The van der Waals surface area contributed by atoms with Crippen LogP contribution in [0.25, 0.3) is 11.1 Å². The Morgan fingerprint density at radius 3 is 2.15 bits per heavy atom. The molecular weight excluding hydrogens is 420 g/mol. The lowest BCUT2D eigenvalue weighted by atomic mass is 9.98. The zero-order chi connectivity index (χ0) is 24.0. The molecule has 2 aromatic rings. The molecule has 0 radical (unpaired) electrons. The zero-order valence-corrected chi connectivity index (χ0v) is 19.4. The Bertz CT molecular complexity index is 972. The Morgan fingerprint density at radius 1 is 1.03 bits per heavy atom. The average molecular weight is 453 g/mol. The Kier molecular flexibility index (Phi) is 7.74. The third kappa shape index (κ3) is 6.34. The number of alkyl carbamates (subject to hydrolysis) is 1. The van der Waals surface area contributed by atoms with Crippen molar-refractivity contribution in [2.75, 3.05) is 13.2 Å². The van der Waals surface area contributed by atoms with Crippen LogP contribution < -0.4 is 10.6 Å². The van der Waals surface area contributed by atoms with Gasteiger partial charge in [-0.15, -0.1) is 0 Å². The van der Waals surface area contributed by atoms with Crippen LogP contribution in [-0.4, -0.2) is 41.8 Å². The number of carboxylic acid groups (broad SMARTS) is 1. The lowest BCUT2D eigenvalue weighted by Crippen LogP contribution is -2.47. The van der Waals surface area contributed by atoms with Gasteiger partial charge in [0.15, 0.2) is 0 Å². The van der Waals surface area contributed by atoms with Gasteiger partial charge < -0.3 is 20.5 Å². The lowest BCUT2D eigenvalue weighted by molar-refractivity contribution is -0.138. The van der Waals surface area contributed by atoms with Crippen molar-refractivity contribution in [1.82, 2.24) is 10.6 Å². The number of carbonyl (C=O) groups excluding carboxylic acids is 2. The minimum atomic E-state index is -0.881. The van der Waals surface area contributed by atoms with Gasteiger partial charge in [-0.05, 0) is 42.0 Å². The van der Waals surface area contributed by atoms with E-state index in [1.54, 1.807) is 13.8 Å². The first-order valence-corrected chi connectivity index (χ1v) is 11.3. The lowest BCUT2D eigenvalue weighted by Gasteiger charge is -2.26. The van der Waals surface area contributed by atoms with E-state index in [0.717, 1.165) is 22.3 Å². The van der Waals surface area contributed by atoms with Crippen molar-refractivity contribution in [3.63, 3.8) is 0 Å². The number of aliphatic carboxylic acids is 1. The molecule has 33 heavy (non-hydrogen) atoms. The fourth-order valence-corrected chi connectivity index (χ4v) is 4.28. The van der Waals surface area contributed by atoms with Crippen LogP contribution in [0.3, 0.4) is 0 Å². The maximum Gasteiger partial charge on any atom is 0.407 e. The molecule has 1 unspecified atom stereocenters. The summed E-state index contributed by atoms with van der Waals surface area (Å²) < 4.78 is 5.57. The van der Waals surface area contributed by atoms with E-state index >= 15 is 0 Å². The van der Waals surface area contributed by atoms with Gasteiger partial charge in [-0.25, -0.2) is 4.79 Å². The second-order valence-electron chi connectivity index (χ2n) is 9.19. The van der Waals surface area contributed by atoms with Crippen LogP contribution in [0.5, 0.6) is 0 Å². The fraction of sp³-hybridized carbons (Fsp3) is 0.423. The highest BCUT2D eigenvalue weighted by Gasteiger charge is 2.30. The summed E-state index contributed by atoms with van der Waals surface area (Å²) in [6, 6.07) is 16.3. The number of benzene rings is 2. The second kappa shape index (κ2) is 10.5. The van der Waals surface area contributed by atoms with Crippen LogP contribution in [0.2, 0.25) is 0 Å². The molecule has 3 rings (SSSR count). The van der Waals surface area contributed by atoms with Crippen LogP contribution in [-0.2, 0) is 14.3 Å². The van der Waals surface area contributed by atoms with Gasteiger partial charge >= 0.3 is 12.1 Å². The molecule has 3 N–H and O–H groups in total. The van der Waals surface area contributed by atoms with E-state index in [1.807, 2.05) is 31.2 Å². The SMILES string of the molecule is CCC(CNC(=O)CC(C)(C)NC(=O)OCC1c2ccccc2-c2ccccc21)CC(=O)O. The van der Waals surface area contributed by atoms with Crippen molar-refractivity contribution < 1.29 is 24.2 Å². The van der Waals surface area contributed by atoms with E-state index in [0.29, 0.717) is 13.0 Å². The number of rotatable bonds is 10. The standard InChI is InChI=1S/C26H32N2O5/c1-4-17(13-24(30)31)15-27-23(29)14-26(2,3)28-25(32)33-16-22-20-11-7-5-9-18(20)19-10-6-8-12-21(19)22/h5-12,17,22H,4,13-16H2,1-3H3,(H,27,29)(H,28,32)(H,30,31). The smallest absolute Gasteiger partial charge is 0.407 e. The number of amides is 2. The van der Waals surface area contributed by atoms with Crippen molar-refractivity contribution in [2.24, 2.45) is 5.92 Å².